The molecule has 0 aromatic heterocycles. The van der Waals surface area contributed by atoms with Crippen LogP contribution in [0.4, 0.5) is 11.4 Å². The zero-order chi connectivity index (χ0) is 25.2. The zero-order valence-corrected chi connectivity index (χ0v) is 21.3. The molecule has 6 nitrogen and oxygen atoms in total. The van der Waals surface area contributed by atoms with Crippen LogP contribution in [0.15, 0.2) is 71.6 Å². The van der Waals surface area contributed by atoms with Crippen molar-refractivity contribution in [2.45, 2.75) is 24.7 Å². The van der Waals surface area contributed by atoms with E-state index >= 15 is 0 Å². The molecule has 0 bridgehead atoms. The molecule has 0 unspecified atom stereocenters. The number of thioether (sulfide) groups is 1. The summed E-state index contributed by atoms with van der Waals surface area (Å²) in [6.07, 6.45) is 1.78. The van der Waals surface area contributed by atoms with Crippen LogP contribution in [0.3, 0.4) is 0 Å². The van der Waals surface area contributed by atoms with E-state index in [-0.39, 0.29) is 28.6 Å². The number of nitrogens with one attached hydrogen (secondary N) is 2. The van der Waals surface area contributed by atoms with Crippen LogP contribution in [0.5, 0.6) is 0 Å². The van der Waals surface area contributed by atoms with Gasteiger partial charge in [-0.15, -0.1) is 11.8 Å². The summed E-state index contributed by atoms with van der Waals surface area (Å²) < 4.78 is 5.18. The van der Waals surface area contributed by atoms with Gasteiger partial charge in [0, 0.05) is 21.3 Å². The molecule has 3 rings (SSSR count). The van der Waals surface area contributed by atoms with Gasteiger partial charge < -0.3 is 15.4 Å². The number of amides is 2. The van der Waals surface area contributed by atoms with Crippen LogP contribution in [-0.4, -0.2) is 30.1 Å². The van der Waals surface area contributed by atoms with Gasteiger partial charge in [0.05, 0.1) is 28.5 Å². The Hall–Kier alpha value is -3.00. The number of halogens is 2. The van der Waals surface area contributed by atoms with E-state index < -0.39 is 0 Å². The maximum Gasteiger partial charge on any atom is 0.338 e. The summed E-state index contributed by atoms with van der Waals surface area (Å²) in [6, 6.07) is 18.4. The molecule has 0 aliphatic carbocycles. The highest BCUT2D eigenvalue weighted by atomic mass is 35.5. The molecule has 0 fully saturated rings. The first-order valence-corrected chi connectivity index (χ1v) is 12.7. The molecule has 2 amide bonds. The molecule has 0 saturated carbocycles. The first-order chi connectivity index (χ1) is 16.9. The van der Waals surface area contributed by atoms with E-state index in [0.29, 0.717) is 34.1 Å². The second-order valence-electron chi connectivity index (χ2n) is 7.51. The lowest BCUT2D eigenvalue weighted by atomic mass is 10.2. The van der Waals surface area contributed by atoms with Crippen LogP contribution in [0.25, 0.3) is 0 Å². The summed E-state index contributed by atoms with van der Waals surface area (Å²) in [5.41, 5.74) is 1.97. The quantitative estimate of drug-likeness (QED) is 0.168. The molecule has 0 atom stereocenters. The number of ether oxygens (including phenoxy) is 1. The monoisotopic (exact) mass is 530 g/mol. The van der Waals surface area contributed by atoms with Crippen molar-refractivity contribution in [3.63, 3.8) is 0 Å². The number of esters is 1. The molecule has 3 aromatic rings. The van der Waals surface area contributed by atoms with Gasteiger partial charge in [0.25, 0.3) is 5.91 Å². The van der Waals surface area contributed by atoms with Crippen molar-refractivity contribution < 1.29 is 19.1 Å². The van der Waals surface area contributed by atoms with E-state index in [1.807, 2.05) is 19.1 Å². The smallest absolute Gasteiger partial charge is 0.338 e. The number of unbranched alkanes of at least 4 members (excludes halogenated alkanes) is 1. The molecule has 9 heteroatoms. The standard InChI is InChI=1S/C26H24Cl2N2O4S/c1-2-3-14-34-26(33)17-4-7-19(8-5-17)29-24(31)16-35-21-11-9-20(10-12-21)30-25(32)22-13-6-18(27)15-23(22)28/h4-13,15H,2-3,14,16H2,1H3,(H,29,31)(H,30,32). The normalized spacial score (nSPS) is 10.5. The van der Waals surface area contributed by atoms with Crippen molar-refractivity contribution in [1.29, 1.82) is 0 Å². The molecule has 0 heterocycles. The number of carbonyl (C=O) groups is 3. The highest BCUT2D eigenvalue weighted by molar-refractivity contribution is 8.00. The van der Waals surface area contributed by atoms with Crippen molar-refractivity contribution in [1.82, 2.24) is 0 Å². The average Bonchev–Trinajstić information content (AvgIpc) is 2.84. The molecule has 0 aliphatic heterocycles. The van der Waals surface area contributed by atoms with Gasteiger partial charge in [-0.05, 0) is 73.2 Å². The van der Waals surface area contributed by atoms with E-state index in [1.54, 1.807) is 48.5 Å². The molecule has 2 N–H and O–H groups in total. The summed E-state index contributed by atoms with van der Waals surface area (Å²) in [5, 5.41) is 6.31. The van der Waals surface area contributed by atoms with E-state index in [0.717, 1.165) is 17.7 Å². The average molecular weight is 531 g/mol. The number of anilines is 2. The SMILES string of the molecule is CCCCOC(=O)c1ccc(NC(=O)CSc2ccc(NC(=O)c3ccc(Cl)cc3Cl)cc2)cc1. The first-order valence-electron chi connectivity index (χ1n) is 10.9. The van der Waals surface area contributed by atoms with Crippen molar-refractivity contribution in [3.8, 4) is 0 Å². The topological polar surface area (TPSA) is 84.5 Å². The minimum absolute atomic E-state index is 0.178. The lowest BCUT2D eigenvalue weighted by Gasteiger charge is -2.09. The van der Waals surface area contributed by atoms with Gasteiger partial charge in [0.1, 0.15) is 0 Å². The van der Waals surface area contributed by atoms with E-state index in [9.17, 15) is 14.4 Å². The molecule has 35 heavy (non-hydrogen) atoms. The number of carbonyl (C=O) groups excluding carboxylic acids is 3. The zero-order valence-electron chi connectivity index (χ0n) is 19.0. The number of benzene rings is 3. The van der Waals surface area contributed by atoms with Crippen molar-refractivity contribution in [2.75, 3.05) is 23.0 Å². The second-order valence-corrected chi connectivity index (χ2v) is 9.40. The molecule has 0 saturated heterocycles. The summed E-state index contributed by atoms with van der Waals surface area (Å²) in [5.74, 6) is -0.690. The predicted octanol–water partition coefficient (Wildman–Crippen LogP) is 6.93. The summed E-state index contributed by atoms with van der Waals surface area (Å²) in [6.45, 7) is 2.42. The van der Waals surface area contributed by atoms with Crippen LogP contribution in [-0.2, 0) is 9.53 Å². The summed E-state index contributed by atoms with van der Waals surface area (Å²) in [4.78, 5) is 37.5. The molecule has 0 radical (unpaired) electrons. The number of hydrogen-bond donors (Lipinski definition) is 2. The van der Waals surface area contributed by atoms with E-state index in [1.165, 1.54) is 17.8 Å². The van der Waals surface area contributed by atoms with Crippen molar-refractivity contribution in [3.05, 3.63) is 87.9 Å². The lowest BCUT2D eigenvalue weighted by molar-refractivity contribution is -0.113. The fourth-order valence-electron chi connectivity index (χ4n) is 2.93. The van der Waals surface area contributed by atoms with Crippen LogP contribution in [0, 0.1) is 0 Å². The van der Waals surface area contributed by atoms with Crippen molar-refractivity contribution >= 4 is 64.1 Å². The second kappa shape index (κ2) is 13.2. The minimum atomic E-state index is -0.372. The highest BCUT2D eigenvalue weighted by Gasteiger charge is 2.12. The first kappa shape index (κ1) is 26.6. The number of rotatable bonds is 10. The maximum atomic E-state index is 12.4. The van der Waals surface area contributed by atoms with Gasteiger partial charge in [0.15, 0.2) is 0 Å². The van der Waals surface area contributed by atoms with Crippen LogP contribution < -0.4 is 10.6 Å². The van der Waals surface area contributed by atoms with Gasteiger partial charge in [0.2, 0.25) is 5.91 Å². The lowest BCUT2D eigenvalue weighted by Crippen LogP contribution is -2.14. The molecule has 0 aliphatic rings. The Kier molecular flexibility index (Phi) is 10.0. The molecular formula is C26H24Cl2N2O4S. The Morgan fingerprint density at radius 1 is 0.886 bits per heavy atom. The van der Waals surface area contributed by atoms with E-state index in [2.05, 4.69) is 10.6 Å². The van der Waals surface area contributed by atoms with Gasteiger partial charge >= 0.3 is 5.97 Å². The van der Waals surface area contributed by atoms with Crippen LogP contribution in [0.2, 0.25) is 10.0 Å². The fraction of sp³-hybridized carbons (Fsp3) is 0.192. The molecule has 0 spiro atoms. The predicted molar refractivity (Wildman–Crippen MR) is 142 cm³/mol. The third-order valence-electron chi connectivity index (χ3n) is 4.79. The van der Waals surface area contributed by atoms with Crippen molar-refractivity contribution in [2.24, 2.45) is 0 Å². The maximum absolute atomic E-state index is 12.4. The number of hydrogen-bond acceptors (Lipinski definition) is 5. The van der Waals surface area contributed by atoms with Gasteiger partial charge in [-0.2, -0.15) is 0 Å². The van der Waals surface area contributed by atoms with Crippen LogP contribution >= 0.6 is 35.0 Å². The van der Waals surface area contributed by atoms with Crippen LogP contribution in [0.1, 0.15) is 40.5 Å². The van der Waals surface area contributed by atoms with Gasteiger partial charge in [-0.1, -0.05) is 36.5 Å². The molecule has 182 valence electrons. The summed E-state index contributed by atoms with van der Waals surface area (Å²) in [7, 11) is 0. The Morgan fingerprint density at radius 2 is 1.54 bits per heavy atom. The minimum Gasteiger partial charge on any atom is -0.462 e. The Balaban J connectivity index is 1.46. The van der Waals surface area contributed by atoms with Gasteiger partial charge in [-0.3, -0.25) is 9.59 Å². The largest absolute Gasteiger partial charge is 0.462 e. The Labute approximate surface area is 218 Å². The Morgan fingerprint density at radius 3 is 2.20 bits per heavy atom. The van der Waals surface area contributed by atoms with Gasteiger partial charge in [-0.25, -0.2) is 4.79 Å². The third-order valence-corrected chi connectivity index (χ3v) is 6.35. The fourth-order valence-corrected chi connectivity index (χ4v) is 4.13. The molecule has 3 aromatic carbocycles. The Bertz CT molecular complexity index is 1180. The van der Waals surface area contributed by atoms with E-state index in [4.69, 9.17) is 27.9 Å². The summed E-state index contributed by atoms with van der Waals surface area (Å²) >= 11 is 13.3. The highest BCUT2D eigenvalue weighted by Crippen LogP contribution is 2.24. The molecular weight excluding hydrogens is 507 g/mol. The third kappa shape index (κ3) is 8.31.